The van der Waals surface area contributed by atoms with Gasteiger partial charge in [-0.15, -0.1) is 0 Å². The van der Waals surface area contributed by atoms with Crippen LogP contribution in [0.2, 0.25) is 0 Å². The molecule has 0 aromatic carbocycles. The van der Waals surface area contributed by atoms with Crippen molar-refractivity contribution >= 4 is 5.91 Å². The molecule has 4 fully saturated rings. The number of hydrogen-bond donors (Lipinski definition) is 1. The lowest BCUT2D eigenvalue weighted by molar-refractivity contribution is -0.134. The Hall–Kier alpha value is -0.610. The van der Waals surface area contributed by atoms with E-state index in [1.165, 1.54) is 64.5 Å². The predicted octanol–water partition coefficient (Wildman–Crippen LogP) is 1.95. The van der Waals surface area contributed by atoms with E-state index in [9.17, 15) is 4.79 Å². The third kappa shape index (κ3) is 2.40. The number of piperidine rings is 1. The number of nitrogens with one attached hydrogen (secondary N) is 1. The van der Waals surface area contributed by atoms with Crippen LogP contribution in [0, 0.1) is 5.92 Å². The van der Waals surface area contributed by atoms with Gasteiger partial charge in [-0.25, -0.2) is 0 Å². The first kappa shape index (κ1) is 14.0. The van der Waals surface area contributed by atoms with Gasteiger partial charge in [-0.2, -0.15) is 0 Å². The van der Waals surface area contributed by atoms with Crippen LogP contribution >= 0.6 is 0 Å². The Bertz CT molecular complexity index is 407. The summed E-state index contributed by atoms with van der Waals surface area (Å²) in [5, 5.41) is 3.62. The van der Waals surface area contributed by atoms with E-state index < -0.39 is 0 Å². The second-order valence-electron chi connectivity index (χ2n) is 7.63. The Kier molecular flexibility index (Phi) is 3.70. The lowest BCUT2D eigenvalue weighted by atomic mass is 9.94. The third-order valence-electron chi connectivity index (χ3n) is 6.38. The quantitative estimate of drug-likeness (QED) is 0.844. The van der Waals surface area contributed by atoms with E-state index in [1.807, 2.05) is 0 Å². The first-order valence-corrected chi connectivity index (χ1v) is 9.06. The van der Waals surface area contributed by atoms with Crippen molar-refractivity contribution in [3.8, 4) is 0 Å². The van der Waals surface area contributed by atoms with Crippen molar-refractivity contribution in [2.24, 2.45) is 5.92 Å². The molecule has 118 valence electrons. The zero-order chi connectivity index (χ0) is 14.4. The van der Waals surface area contributed by atoms with Crippen molar-refractivity contribution in [2.45, 2.75) is 82.6 Å². The summed E-state index contributed by atoms with van der Waals surface area (Å²) in [6, 6.07) is 1.26. The van der Waals surface area contributed by atoms with E-state index >= 15 is 0 Å². The molecule has 3 aliphatic heterocycles. The van der Waals surface area contributed by atoms with E-state index in [2.05, 4.69) is 22.0 Å². The van der Waals surface area contributed by atoms with Crippen LogP contribution in [0.3, 0.4) is 0 Å². The highest BCUT2D eigenvalue weighted by molar-refractivity contribution is 5.84. The largest absolute Gasteiger partial charge is 0.322 e. The number of fused-ring (bicyclic) bond motifs is 1. The molecule has 1 saturated carbocycles. The van der Waals surface area contributed by atoms with Gasteiger partial charge >= 0.3 is 0 Å². The molecule has 4 aliphatic rings. The molecule has 0 radical (unpaired) electrons. The number of nitrogens with zero attached hydrogens (tertiary/aromatic N) is 2. The third-order valence-corrected chi connectivity index (χ3v) is 6.38. The number of hydrogen-bond acceptors (Lipinski definition) is 3. The SMILES string of the molecule is CC1NC(C2CCCC2)N(C2CCN3CCCC3C2)C1=O. The molecule has 1 amide bonds. The molecule has 0 aromatic heterocycles. The fourth-order valence-corrected chi connectivity index (χ4v) is 5.27. The molecule has 4 rings (SSSR count). The molecule has 3 heterocycles. The van der Waals surface area contributed by atoms with Gasteiger partial charge in [0.25, 0.3) is 0 Å². The molecule has 0 bridgehead atoms. The van der Waals surface area contributed by atoms with E-state index in [-0.39, 0.29) is 6.04 Å². The van der Waals surface area contributed by atoms with Crippen molar-refractivity contribution < 1.29 is 4.79 Å². The topological polar surface area (TPSA) is 35.6 Å². The van der Waals surface area contributed by atoms with Crippen molar-refractivity contribution in [3.63, 3.8) is 0 Å². The second-order valence-corrected chi connectivity index (χ2v) is 7.63. The van der Waals surface area contributed by atoms with Gasteiger partial charge in [-0.05, 0) is 57.9 Å². The Morgan fingerprint density at radius 1 is 1.00 bits per heavy atom. The second kappa shape index (κ2) is 5.54. The number of rotatable bonds is 2. The summed E-state index contributed by atoms with van der Waals surface area (Å²) in [6.45, 7) is 4.53. The molecular formula is C17H29N3O. The summed E-state index contributed by atoms with van der Waals surface area (Å²) in [5.74, 6) is 1.06. The summed E-state index contributed by atoms with van der Waals surface area (Å²) < 4.78 is 0. The molecule has 1 aliphatic carbocycles. The lowest BCUT2D eigenvalue weighted by Crippen LogP contribution is -2.53. The highest BCUT2D eigenvalue weighted by Gasteiger charge is 2.46. The summed E-state index contributed by atoms with van der Waals surface area (Å²) in [6.07, 6.45) is 10.7. The van der Waals surface area contributed by atoms with Crippen LogP contribution in [-0.4, -0.2) is 53.1 Å². The van der Waals surface area contributed by atoms with Crippen molar-refractivity contribution in [1.29, 1.82) is 0 Å². The zero-order valence-corrected chi connectivity index (χ0v) is 13.3. The van der Waals surface area contributed by atoms with Gasteiger partial charge in [-0.1, -0.05) is 12.8 Å². The first-order valence-electron chi connectivity index (χ1n) is 9.06. The Morgan fingerprint density at radius 2 is 1.81 bits per heavy atom. The van der Waals surface area contributed by atoms with E-state index in [4.69, 9.17) is 0 Å². The summed E-state index contributed by atoms with van der Waals surface area (Å²) in [4.78, 5) is 17.7. The number of amides is 1. The smallest absolute Gasteiger partial charge is 0.240 e. The highest BCUT2D eigenvalue weighted by atomic mass is 16.2. The molecule has 0 spiro atoms. The van der Waals surface area contributed by atoms with Gasteiger partial charge in [0.2, 0.25) is 5.91 Å². The van der Waals surface area contributed by atoms with Gasteiger partial charge < -0.3 is 9.80 Å². The number of carbonyl (C=O) groups excluding carboxylic acids is 1. The van der Waals surface area contributed by atoms with E-state index in [0.717, 1.165) is 6.04 Å². The monoisotopic (exact) mass is 291 g/mol. The lowest BCUT2D eigenvalue weighted by Gasteiger charge is -2.42. The maximum atomic E-state index is 12.7. The minimum atomic E-state index is 0.0252. The van der Waals surface area contributed by atoms with E-state index in [0.29, 0.717) is 24.0 Å². The predicted molar refractivity (Wildman–Crippen MR) is 82.8 cm³/mol. The highest BCUT2D eigenvalue weighted by Crippen LogP contribution is 2.36. The van der Waals surface area contributed by atoms with Gasteiger partial charge in [0.15, 0.2) is 0 Å². The molecule has 4 nitrogen and oxygen atoms in total. The van der Waals surface area contributed by atoms with Gasteiger partial charge in [0.05, 0.1) is 12.2 Å². The molecular weight excluding hydrogens is 262 g/mol. The Balaban J connectivity index is 1.51. The molecule has 4 unspecified atom stereocenters. The standard InChI is InChI=1S/C17H29N3O/c1-12-17(21)20(16(18-12)13-5-2-3-6-13)15-8-10-19-9-4-7-14(19)11-15/h12-16,18H,2-11H2,1H3. The van der Waals surface area contributed by atoms with Gasteiger partial charge in [0, 0.05) is 18.6 Å². The van der Waals surface area contributed by atoms with Crippen molar-refractivity contribution in [2.75, 3.05) is 13.1 Å². The van der Waals surface area contributed by atoms with Crippen LogP contribution in [0.5, 0.6) is 0 Å². The average molecular weight is 291 g/mol. The summed E-state index contributed by atoms with van der Waals surface area (Å²) >= 11 is 0. The van der Waals surface area contributed by atoms with E-state index in [1.54, 1.807) is 0 Å². The van der Waals surface area contributed by atoms with Crippen LogP contribution in [-0.2, 0) is 4.79 Å². The first-order chi connectivity index (χ1) is 10.2. The normalized spacial score (nSPS) is 42.0. The number of carbonyl (C=O) groups is 1. The molecule has 4 atom stereocenters. The fourth-order valence-electron chi connectivity index (χ4n) is 5.27. The van der Waals surface area contributed by atoms with Crippen LogP contribution in [0.25, 0.3) is 0 Å². The Morgan fingerprint density at radius 3 is 2.62 bits per heavy atom. The zero-order valence-electron chi connectivity index (χ0n) is 13.3. The summed E-state index contributed by atoms with van der Waals surface area (Å²) in [7, 11) is 0. The van der Waals surface area contributed by atoms with Crippen LogP contribution in [0.15, 0.2) is 0 Å². The summed E-state index contributed by atoms with van der Waals surface area (Å²) in [5.41, 5.74) is 0. The average Bonchev–Trinajstić information content (AvgIpc) is 3.20. The van der Waals surface area contributed by atoms with Crippen molar-refractivity contribution in [3.05, 3.63) is 0 Å². The molecule has 4 heteroatoms. The maximum absolute atomic E-state index is 12.7. The fraction of sp³-hybridized carbons (Fsp3) is 0.941. The van der Waals surface area contributed by atoms with Gasteiger partial charge in [0.1, 0.15) is 0 Å². The van der Waals surface area contributed by atoms with Crippen LogP contribution < -0.4 is 5.32 Å². The van der Waals surface area contributed by atoms with Gasteiger partial charge in [-0.3, -0.25) is 10.1 Å². The minimum absolute atomic E-state index is 0.0252. The molecule has 21 heavy (non-hydrogen) atoms. The van der Waals surface area contributed by atoms with Crippen molar-refractivity contribution in [1.82, 2.24) is 15.1 Å². The molecule has 0 aromatic rings. The minimum Gasteiger partial charge on any atom is -0.322 e. The maximum Gasteiger partial charge on any atom is 0.240 e. The van der Waals surface area contributed by atoms with Crippen LogP contribution in [0.1, 0.15) is 58.3 Å². The molecule has 1 N–H and O–H groups in total. The molecule has 3 saturated heterocycles. The van der Waals surface area contributed by atoms with Crippen LogP contribution in [0.4, 0.5) is 0 Å². The Labute approximate surface area is 128 Å².